The summed E-state index contributed by atoms with van der Waals surface area (Å²) in [6, 6.07) is 37.8. The van der Waals surface area contributed by atoms with Gasteiger partial charge in [0.25, 0.3) is 0 Å². The van der Waals surface area contributed by atoms with E-state index in [-0.39, 0.29) is 15.0 Å². The van der Waals surface area contributed by atoms with Crippen molar-refractivity contribution >= 4 is 26.3 Å². The van der Waals surface area contributed by atoms with Gasteiger partial charge in [-0.25, -0.2) is 0 Å². The second-order valence-corrected chi connectivity index (χ2v) is 17.4. The van der Waals surface area contributed by atoms with Crippen LogP contribution in [0.3, 0.4) is 0 Å². The molecule has 0 bridgehead atoms. The average Bonchev–Trinajstić information content (AvgIpc) is 3.30. The molecule has 7 heteroatoms. The van der Waals surface area contributed by atoms with E-state index in [0.29, 0.717) is 22.3 Å². The van der Waals surface area contributed by atoms with Gasteiger partial charge in [-0.2, -0.15) is 0 Å². The van der Waals surface area contributed by atoms with Gasteiger partial charge < -0.3 is 19.7 Å². The van der Waals surface area contributed by atoms with E-state index in [1.807, 2.05) is 135 Å². The monoisotopic (exact) mass is 672 g/mol. The molecule has 2 atom stereocenters. The van der Waals surface area contributed by atoms with Gasteiger partial charge in [0, 0.05) is 0 Å². The fraction of sp³-hybridized carbons (Fsp3) is 0.226. The van der Waals surface area contributed by atoms with Crippen LogP contribution in [0.15, 0.2) is 121 Å². The van der Waals surface area contributed by atoms with Crippen molar-refractivity contribution in [3.63, 3.8) is 0 Å². The van der Waals surface area contributed by atoms with Crippen molar-refractivity contribution in [2.75, 3.05) is 0 Å². The number of hydrogen-bond acceptors (Lipinski definition) is 4. The third-order valence-electron chi connectivity index (χ3n) is 6.78. The summed E-state index contributed by atoms with van der Waals surface area (Å²) < 4.78 is 13.0. The molecule has 2 N–H and O–H groups in total. The normalized spacial score (nSPS) is 18.8. The zero-order chi connectivity index (χ0) is 27.2. The summed E-state index contributed by atoms with van der Waals surface area (Å²) in [7, 11) is 0. The number of rotatable bonds is 6. The molecule has 1 aliphatic heterocycles. The zero-order valence-electron chi connectivity index (χ0n) is 21.2. The van der Waals surface area contributed by atoms with Crippen molar-refractivity contribution in [1.82, 2.24) is 0 Å². The zero-order valence-corrected chi connectivity index (χ0v) is 25.9. The van der Waals surface area contributed by atoms with Crippen LogP contribution in [0.4, 0.5) is 0 Å². The van der Waals surface area contributed by atoms with E-state index >= 15 is 0 Å². The van der Waals surface area contributed by atoms with Gasteiger partial charge in [-0.15, -0.1) is 0 Å². The Balaban J connectivity index is 0.00000107. The van der Waals surface area contributed by atoms with Crippen LogP contribution in [-0.4, -0.2) is 28.2 Å². The Hall–Kier alpha value is -1.61. The van der Waals surface area contributed by atoms with E-state index in [1.54, 1.807) is 0 Å². The quantitative estimate of drug-likeness (QED) is 0.215. The van der Waals surface area contributed by atoms with E-state index in [4.69, 9.17) is 9.47 Å². The first-order valence-electron chi connectivity index (χ1n) is 12.3. The Kier molecular flexibility index (Phi) is 9.83. The molecular formula is C31H30Br2O4Ti. The maximum absolute atomic E-state index is 12.6. The number of aliphatic hydroxyl groups is 2. The summed E-state index contributed by atoms with van der Waals surface area (Å²) in [5.41, 5.74) is -0.564. The van der Waals surface area contributed by atoms with E-state index in [9.17, 15) is 10.2 Å². The minimum absolute atomic E-state index is 0.125. The molecule has 38 heavy (non-hydrogen) atoms. The summed E-state index contributed by atoms with van der Waals surface area (Å²) in [5, 5.41) is 25.2. The van der Waals surface area contributed by atoms with Crippen LogP contribution in [-0.2, 0) is 35.6 Å². The second kappa shape index (κ2) is 12.7. The molecule has 1 heterocycles. The number of hydrogen-bond donors (Lipinski definition) is 2. The molecule has 0 spiro atoms. The average molecular weight is 674 g/mol. The molecule has 5 rings (SSSR count). The van der Waals surface area contributed by atoms with E-state index in [1.165, 1.54) is 0 Å². The van der Waals surface area contributed by atoms with Crippen molar-refractivity contribution in [2.24, 2.45) is 0 Å². The Morgan fingerprint density at radius 3 is 0.974 bits per heavy atom. The van der Waals surface area contributed by atoms with Crippen LogP contribution in [0.1, 0.15) is 36.1 Å². The molecular weight excluding hydrogens is 644 g/mol. The first-order chi connectivity index (χ1) is 18.3. The molecule has 196 valence electrons. The summed E-state index contributed by atoms with van der Waals surface area (Å²) in [5.74, 6) is -1.05. The maximum atomic E-state index is 12.6. The van der Waals surface area contributed by atoms with Gasteiger partial charge >= 0.3 is 41.3 Å². The van der Waals surface area contributed by atoms with Crippen LogP contribution in [0.25, 0.3) is 0 Å². The summed E-state index contributed by atoms with van der Waals surface area (Å²) in [6.07, 6.45) is -1.87. The van der Waals surface area contributed by atoms with Crippen molar-refractivity contribution < 1.29 is 34.7 Å². The van der Waals surface area contributed by atoms with Crippen LogP contribution < -0.4 is 0 Å². The predicted molar refractivity (Wildman–Crippen MR) is 153 cm³/mol. The fourth-order valence-electron chi connectivity index (χ4n) is 5.13. The Labute approximate surface area is 246 Å². The van der Waals surface area contributed by atoms with Crippen molar-refractivity contribution in [1.29, 1.82) is 0 Å². The molecule has 1 fully saturated rings. The third kappa shape index (κ3) is 5.93. The molecule has 1 saturated heterocycles. The van der Waals surface area contributed by atoms with Crippen molar-refractivity contribution in [2.45, 2.75) is 43.0 Å². The van der Waals surface area contributed by atoms with Crippen molar-refractivity contribution in [3.8, 4) is 0 Å². The first kappa shape index (κ1) is 29.4. The topological polar surface area (TPSA) is 58.9 Å². The molecule has 0 amide bonds. The molecule has 0 saturated carbocycles. The van der Waals surface area contributed by atoms with Crippen LogP contribution in [0.5, 0.6) is 0 Å². The van der Waals surface area contributed by atoms with Crippen molar-refractivity contribution in [3.05, 3.63) is 144 Å². The van der Waals surface area contributed by atoms with Gasteiger partial charge in [-0.05, 0) is 36.1 Å². The Bertz CT molecular complexity index is 1100. The molecule has 0 aliphatic carbocycles. The number of benzene rings is 4. The first-order valence-corrected chi connectivity index (χ1v) is 20.0. The Morgan fingerprint density at radius 1 is 0.553 bits per heavy atom. The molecule has 4 aromatic carbocycles. The van der Waals surface area contributed by atoms with E-state index < -0.39 is 29.2 Å². The van der Waals surface area contributed by atoms with E-state index in [0.717, 1.165) is 0 Å². The molecule has 0 unspecified atom stereocenters. The van der Waals surface area contributed by atoms with Gasteiger partial charge in [0.05, 0.1) is 0 Å². The second-order valence-electron chi connectivity index (χ2n) is 9.55. The van der Waals surface area contributed by atoms with Crippen LogP contribution >= 0.6 is 26.3 Å². The summed E-state index contributed by atoms with van der Waals surface area (Å²) >= 11 is 6.50. The van der Waals surface area contributed by atoms with Gasteiger partial charge in [0.15, 0.2) is 5.79 Å². The van der Waals surface area contributed by atoms with Crippen LogP contribution in [0, 0.1) is 0 Å². The van der Waals surface area contributed by atoms with E-state index in [2.05, 4.69) is 26.3 Å². The molecule has 4 nitrogen and oxygen atoms in total. The van der Waals surface area contributed by atoms with Gasteiger partial charge in [-0.1, -0.05) is 121 Å². The number of halogens is 2. The SMILES string of the molecule is CC1(C)O[C@@H](C(O)(c2ccccc2)c2ccccc2)[C@H](C(O)(c2ccccc2)c2ccccc2)O1.[Br][Ti][Br]. The predicted octanol–water partition coefficient (Wildman–Crippen LogP) is 7.07. The third-order valence-corrected chi connectivity index (χ3v) is 6.78. The van der Waals surface area contributed by atoms with Gasteiger partial charge in [0.1, 0.15) is 23.4 Å². The summed E-state index contributed by atoms with van der Waals surface area (Å²) in [6.45, 7) is 3.62. The number of ether oxygens (including phenoxy) is 2. The molecule has 1 aliphatic rings. The molecule has 0 radical (unpaired) electrons. The fourth-order valence-corrected chi connectivity index (χ4v) is 5.13. The Morgan fingerprint density at radius 2 is 0.763 bits per heavy atom. The van der Waals surface area contributed by atoms with Gasteiger partial charge in [0.2, 0.25) is 0 Å². The summed E-state index contributed by atoms with van der Waals surface area (Å²) in [4.78, 5) is 0. The van der Waals surface area contributed by atoms with Crippen LogP contribution in [0.2, 0.25) is 0 Å². The minimum atomic E-state index is -1.60. The van der Waals surface area contributed by atoms with Gasteiger partial charge in [-0.3, -0.25) is 0 Å². The molecule has 0 aromatic heterocycles. The molecule has 4 aromatic rings. The standard InChI is InChI=1S/C31H30O4.2BrH.Ti/c1-29(2)34-27(30(32,23-15-7-3-8-16-23)24-17-9-4-10-18-24)28(35-29)31(33,25-19-11-5-12-20-25)26-21-13-6-14-22-26;;;/h3-22,27-28,32-33H,1-2H3;2*1H;/q;;;+2/p-2/t27-,28-;;;/m1.../s1.